The maximum Gasteiger partial charge on any atom is 0.122 e. The molecule has 4 nitrogen and oxygen atoms in total. The van der Waals surface area contributed by atoms with Crippen LogP contribution in [0, 0.1) is 0 Å². The molecule has 0 aromatic carbocycles. The van der Waals surface area contributed by atoms with Crippen molar-refractivity contribution in [2.45, 2.75) is 12.5 Å². The van der Waals surface area contributed by atoms with Crippen molar-refractivity contribution in [1.29, 1.82) is 0 Å². The lowest BCUT2D eigenvalue weighted by atomic mass is 10.3. The Morgan fingerprint density at radius 1 is 1.50 bits per heavy atom. The van der Waals surface area contributed by atoms with Gasteiger partial charge in [-0.15, -0.1) is 0 Å². The van der Waals surface area contributed by atoms with E-state index >= 15 is 0 Å². The number of carbonyl (C=O) groups is 1. The molecule has 0 heterocycles. The second-order valence-electron chi connectivity index (χ2n) is 1.92. The van der Waals surface area contributed by atoms with Gasteiger partial charge in [0.05, 0.1) is 12.7 Å². The van der Waals surface area contributed by atoms with Gasteiger partial charge in [-0.3, -0.25) is 0 Å². The zero-order chi connectivity index (χ0) is 7.82. The maximum absolute atomic E-state index is 9.97. The average Bonchev–Trinajstić information content (AvgIpc) is 1.98. The van der Waals surface area contributed by atoms with E-state index < -0.39 is 0 Å². The van der Waals surface area contributed by atoms with Crippen LogP contribution in [0.15, 0.2) is 0 Å². The van der Waals surface area contributed by atoms with Crippen LogP contribution < -0.4 is 11.5 Å². The van der Waals surface area contributed by atoms with Crippen LogP contribution in [0.3, 0.4) is 0 Å². The molecule has 0 fully saturated rings. The van der Waals surface area contributed by atoms with Crippen molar-refractivity contribution < 1.29 is 9.53 Å². The first-order valence-electron chi connectivity index (χ1n) is 3.30. The Morgan fingerprint density at radius 2 is 2.20 bits per heavy atom. The first-order chi connectivity index (χ1) is 4.85. The van der Waals surface area contributed by atoms with Crippen LogP contribution in [0.4, 0.5) is 0 Å². The minimum absolute atomic E-state index is 0.152. The predicted molar refractivity (Wildman–Crippen MR) is 38.5 cm³/mol. The molecule has 0 aliphatic heterocycles. The van der Waals surface area contributed by atoms with Crippen LogP contribution in [-0.4, -0.2) is 32.1 Å². The monoisotopic (exact) mass is 146 g/mol. The fourth-order valence-electron chi connectivity index (χ4n) is 0.574. The van der Waals surface area contributed by atoms with E-state index in [1.165, 1.54) is 0 Å². The van der Waals surface area contributed by atoms with Gasteiger partial charge in [-0.25, -0.2) is 0 Å². The average molecular weight is 146 g/mol. The smallest absolute Gasteiger partial charge is 0.122 e. The summed E-state index contributed by atoms with van der Waals surface area (Å²) in [6, 6.07) is 0. The van der Waals surface area contributed by atoms with Crippen molar-refractivity contribution in [3.8, 4) is 0 Å². The normalized spacial score (nSPS) is 13.0. The molecule has 0 aliphatic carbocycles. The van der Waals surface area contributed by atoms with E-state index in [4.69, 9.17) is 16.2 Å². The molecule has 0 amide bonds. The second-order valence-corrected chi connectivity index (χ2v) is 1.92. The van der Waals surface area contributed by atoms with Crippen LogP contribution in [0.25, 0.3) is 0 Å². The molecule has 0 radical (unpaired) electrons. The lowest BCUT2D eigenvalue weighted by Gasteiger charge is -2.11. The molecule has 0 rings (SSSR count). The van der Waals surface area contributed by atoms with E-state index in [1.54, 1.807) is 0 Å². The molecule has 0 aliphatic rings. The Bertz CT molecular complexity index is 87.8. The van der Waals surface area contributed by atoms with Crippen molar-refractivity contribution in [3.05, 3.63) is 0 Å². The van der Waals surface area contributed by atoms with Gasteiger partial charge in [-0.05, 0) is 0 Å². The van der Waals surface area contributed by atoms with Crippen LogP contribution in [-0.2, 0) is 9.53 Å². The number of carbonyl (C=O) groups excluding carboxylic acids is 1. The third-order valence-corrected chi connectivity index (χ3v) is 1.09. The van der Waals surface area contributed by atoms with E-state index in [9.17, 15) is 4.79 Å². The predicted octanol–water partition coefficient (Wildman–Crippen LogP) is -1.12. The van der Waals surface area contributed by atoms with E-state index in [0.29, 0.717) is 26.1 Å². The summed E-state index contributed by atoms with van der Waals surface area (Å²) in [4.78, 5) is 9.97. The summed E-state index contributed by atoms with van der Waals surface area (Å²) in [5.74, 6) is 0. The molecule has 10 heavy (non-hydrogen) atoms. The fourth-order valence-corrected chi connectivity index (χ4v) is 0.574. The van der Waals surface area contributed by atoms with Crippen LogP contribution in [0.1, 0.15) is 6.42 Å². The minimum Gasteiger partial charge on any atom is -0.375 e. The summed E-state index contributed by atoms with van der Waals surface area (Å²) >= 11 is 0. The van der Waals surface area contributed by atoms with Crippen LogP contribution in [0.2, 0.25) is 0 Å². The van der Waals surface area contributed by atoms with Crippen molar-refractivity contribution in [3.63, 3.8) is 0 Å². The molecule has 0 aromatic heterocycles. The number of rotatable bonds is 6. The topological polar surface area (TPSA) is 78.3 Å². The molecule has 1 unspecified atom stereocenters. The molecule has 0 saturated heterocycles. The van der Waals surface area contributed by atoms with Crippen molar-refractivity contribution in [2.75, 3.05) is 19.7 Å². The lowest BCUT2D eigenvalue weighted by molar-refractivity contribution is -0.110. The number of aldehydes is 1. The van der Waals surface area contributed by atoms with Crippen LogP contribution in [0.5, 0.6) is 0 Å². The summed E-state index contributed by atoms with van der Waals surface area (Å²) in [6.07, 6.45) is 1.01. The molecular weight excluding hydrogens is 132 g/mol. The standard InChI is InChI=1S/C6H14N2O2/c7-2-4-10-6(5-8)1-3-9/h3,6H,1-2,4-5,7-8H2. The zero-order valence-corrected chi connectivity index (χ0v) is 5.95. The SMILES string of the molecule is NCCOC(CN)CC=O. The van der Waals surface area contributed by atoms with Gasteiger partial charge in [0, 0.05) is 19.5 Å². The van der Waals surface area contributed by atoms with E-state index in [1.807, 2.05) is 0 Å². The summed E-state index contributed by atoms with van der Waals surface area (Å²) in [5, 5.41) is 0. The number of nitrogens with two attached hydrogens (primary N) is 2. The summed E-state index contributed by atoms with van der Waals surface area (Å²) < 4.78 is 5.10. The third kappa shape index (κ3) is 4.43. The van der Waals surface area contributed by atoms with E-state index in [2.05, 4.69) is 0 Å². The minimum atomic E-state index is -0.152. The maximum atomic E-state index is 9.97. The highest BCUT2D eigenvalue weighted by Gasteiger charge is 2.03. The van der Waals surface area contributed by atoms with Gasteiger partial charge < -0.3 is 21.0 Å². The highest BCUT2D eigenvalue weighted by molar-refractivity contribution is 5.50. The first-order valence-corrected chi connectivity index (χ1v) is 3.30. The third-order valence-electron chi connectivity index (χ3n) is 1.09. The number of ether oxygens (including phenoxy) is 1. The van der Waals surface area contributed by atoms with Crippen molar-refractivity contribution in [2.24, 2.45) is 11.5 Å². The fraction of sp³-hybridized carbons (Fsp3) is 0.833. The first kappa shape index (κ1) is 9.55. The van der Waals surface area contributed by atoms with Gasteiger partial charge in [0.25, 0.3) is 0 Å². The van der Waals surface area contributed by atoms with Gasteiger partial charge in [-0.2, -0.15) is 0 Å². The lowest BCUT2D eigenvalue weighted by Crippen LogP contribution is -2.26. The molecule has 1 atom stereocenters. The molecule has 0 saturated carbocycles. The largest absolute Gasteiger partial charge is 0.375 e. The van der Waals surface area contributed by atoms with E-state index in [-0.39, 0.29) is 6.10 Å². The van der Waals surface area contributed by atoms with Gasteiger partial charge in [-0.1, -0.05) is 0 Å². The molecule has 60 valence electrons. The van der Waals surface area contributed by atoms with Gasteiger partial charge in [0.15, 0.2) is 0 Å². The van der Waals surface area contributed by atoms with Crippen molar-refractivity contribution in [1.82, 2.24) is 0 Å². The molecule has 4 heteroatoms. The molecule has 0 aromatic rings. The Labute approximate surface area is 60.5 Å². The Balaban J connectivity index is 3.29. The Hall–Kier alpha value is -0.450. The van der Waals surface area contributed by atoms with E-state index in [0.717, 1.165) is 6.29 Å². The molecule has 0 bridgehead atoms. The summed E-state index contributed by atoms with van der Waals surface area (Å²) in [6.45, 7) is 1.31. The quantitative estimate of drug-likeness (QED) is 0.465. The number of hydrogen-bond acceptors (Lipinski definition) is 4. The van der Waals surface area contributed by atoms with Gasteiger partial charge in [0.2, 0.25) is 0 Å². The molecular formula is C6H14N2O2. The van der Waals surface area contributed by atoms with Gasteiger partial charge in [0.1, 0.15) is 6.29 Å². The molecule has 4 N–H and O–H groups in total. The summed E-state index contributed by atoms with van der Waals surface area (Å²) in [5.41, 5.74) is 10.4. The Morgan fingerprint density at radius 3 is 2.60 bits per heavy atom. The van der Waals surface area contributed by atoms with Gasteiger partial charge >= 0.3 is 0 Å². The molecule has 0 spiro atoms. The number of hydrogen-bond donors (Lipinski definition) is 2. The van der Waals surface area contributed by atoms with Crippen molar-refractivity contribution >= 4 is 6.29 Å². The summed E-state index contributed by atoms with van der Waals surface area (Å²) in [7, 11) is 0. The second kappa shape index (κ2) is 6.67. The van der Waals surface area contributed by atoms with Crippen LogP contribution >= 0.6 is 0 Å². The highest BCUT2D eigenvalue weighted by Crippen LogP contribution is 1.91. The Kier molecular flexibility index (Phi) is 6.37. The highest BCUT2D eigenvalue weighted by atomic mass is 16.5. The zero-order valence-electron chi connectivity index (χ0n) is 5.95.